The SMILES string of the molecule is CCCCCCCn1c(-c2cccnc2)cc2ccccc21. The lowest BCUT2D eigenvalue weighted by Gasteiger charge is -2.11. The van der Waals surface area contributed by atoms with E-state index in [0.29, 0.717) is 0 Å². The summed E-state index contributed by atoms with van der Waals surface area (Å²) < 4.78 is 2.46. The molecule has 0 aliphatic rings. The summed E-state index contributed by atoms with van der Waals surface area (Å²) in [7, 11) is 0. The molecule has 0 spiro atoms. The number of aromatic nitrogens is 2. The van der Waals surface area contributed by atoms with Crippen LogP contribution in [0, 0.1) is 0 Å². The molecular formula is C20H24N2. The molecule has 3 aromatic rings. The molecule has 0 N–H and O–H groups in total. The fourth-order valence-corrected chi connectivity index (χ4v) is 3.08. The number of benzene rings is 1. The largest absolute Gasteiger partial charge is 0.340 e. The molecule has 3 rings (SSSR count). The minimum Gasteiger partial charge on any atom is -0.340 e. The van der Waals surface area contributed by atoms with Crippen molar-refractivity contribution in [1.29, 1.82) is 0 Å². The highest BCUT2D eigenvalue weighted by Crippen LogP contribution is 2.28. The first kappa shape index (κ1) is 14.8. The van der Waals surface area contributed by atoms with Gasteiger partial charge in [0.25, 0.3) is 0 Å². The summed E-state index contributed by atoms with van der Waals surface area (Å²) in [6.45, 7) is 3.35. The quantitative estimate of drug-likeness (QED) is 0.513. The van der Waals surface area contributed by atoms with E-state index in [1.807, 2.05) is 18.5 Å². The second kappa shape index (κ2) is 7.26. The van der Waals surface area contributed by atoms with Crippen molar-refractivity contribution < 1.29 is 0 Å². The third kappa shape index (κ3) is 3.22. The van der Waals surface area contributed by atoms with Crippen LogP contribution in [0.3, 0.4) is 0 Å². The number of hydrogen-bond acceptors (Lipinski definition) is 1. The van der Waals surface area contributed by atoms with Crippen LogP contribution in [0.25, 0.3) is 22.2 Å². The van der Waals surface area contributed by atoms with Crippen LogP contribution in [0.4, 0.5) is 0 Å². The Balaban J connectivity index is 1.88. The molecule has 114 valence electrons. The van der Waals surface area contributed by atoms with E-state index in [1.165, 1.54) is 54.3 Å². The summed E-state index contributed by atoms with van der Waals surface area (Å²) >= 11 is 0. The number of hydrogen-bond donors (Lipinski definition) is 0. The van der Waals surface area contributed by atoms with E-state index in [1.54, 1.807) is 0 Å². The lowest BCUT2D eigenvalue weighted by molar-refractivity contribution is 0.579. The minimum absolute atomic E-state index is 1.08. The molecule has 0 bridgehead atoms. The molecule has 2 nitrogen and oxygen atoms in total. The van der Waals surface area contributed by atoms with Crippen molar-refractivity contribution >= 4 is 10.9 Å². The Bertz CT molecular complexity index is 713. The highest BCUT2D eigenvalue weighted by atomic mass is 15.0. The van der Waals surface area contributed by atoms with Crippen LogP contribution in [-0.4, -0.2) is 9.55 Å². The molecule has 1 aromatic carbocycles. The Morgan fingerprint density at radius 3 is 2.64 bits per heavy atom. The molecule has 0 unspecified atom stereocenters. The number of rotatable bonds is 7. The molecule has 0 atom stereocenters. The third-order valence-corrected chi connectivity index (χ3v) is 4.25. The number of aryl methyl sites for hydroxylation is 1. The highest BCUT2D eigenvalue weighted by Gasteiger charge is 2.10. The maximum atomic E-state index is 4.28. The van der Waals surface area contributed by atoms with Gasteiger partial charge in [-0.15, -0.1) is 0 Å². The fourth-order valence-electron chi connectivity index (χ4n) is 3.08. The van der Waals surface area contributed by atoms with Gasteiger partial charge in [-0.05, 0) is 30.7 Å². The van der Waals surface area contributed by atoms with Crippen molar-refractivity contribution in [3.8, 4) is 11.3 Å². The third-order valence-electron chi connectivity index (χ3n) is 4.25. The van der Waals surface area contributed by atoms with Gasteiger partial charge in [-0.2, -0.15) is 0 Å². The van der Waals surface area contributed by atoms with Gasteiger partial charge in [0.05, 0.1) is 5.69 Å². The molecule has 0 saturated heterocycles. The van der Waals surface area contributed by atoms with Crippen LogP contribution in [0.2, 0.25) is 0 Å². The van der Waals surface area contributed by atoms with Crippen molar-refractivity contribution in [2.45, 2.75) is 45.6 Å². The van der Waals surface area contributed by atoms with Crippen molar-refractivity contribution in [2.24, 2.45) is 0 Å². The number of unbranched alkanes of at least 4 members (excludes halogenated alkanes) is 4. The Hall–Kier alpha value is -2.09. The van der Waals surface area contributed by atoms with Crippen molar-refractivity contribution in [3.05, 3.63) is 54.9 Å². The summed E-state index contributed by atoms with van der Waals surface area (Å²) in [5.74, 6) is 0. The van der Waals surface area contributed by atoms with Gasteiger partial charge >= 0.3 is 0 Å². The van der Waals surface area contributed by atoms with E-state index in [-0.39, 0.29) is 0 Å². The first-order chi connectivity index (χ1) is 10.9. The Morgan fingerprint density at radius 1 is 0.955 bits per heavy atom. The lowest BCUT2D eigenvalue weighted by Crippen LogP contribution is -2.00. The number of fused-ring (bicyclic) bond motifs is 1. The zero-order chi connectivity index (χ0) is 15.2. The Kier molecular flexibility index (Phi) is 4.89. The van der Waals surface area contributed by atoms with Crippen LogP contribution in [-0.2, 0) is 6.54 Å². The van der Waals surface area contributed by atoms with E-state index in [9.17, 15) is 0 Å². The molecule has 0 aliphatic heterocycles. The molecule has 0 saturated carbocycles. The summed E-state index contributed by atoms with van der Waals surface area (Å²) in [6.07, 6.45) is 10.3. The van der Waals surface area contributed by atoms with Crippen LogP contribution in [0.5, 0.6) is 0 Å². The molecule has 2 heterocycles. The Labute approximate surface area is 132 Å². The van der Waals surface area contributed by atoms with Gasteiger partial charge < -0.3 is 4.57 Å². The van der Waals surface area contributed by atoms with Gasteiger partial charge in [-0.1, -0.05) is 50.8 Å². The van der Waals surface area contributed by atoms with Crippen LogP contribution >= 0.6 is 0 Å². The van der Waals surface area contributed by atoms with Gasteiger partial charge in [0, 0.05) is 35.4 Å². The molecule has 0 aliphatic carbocycles. The summed E-state index contributed by atoms with van der Waals surface area (Å²) in [5, 5.41) is 1.31. The van der Waals surface area contributed by atoms with Crippen molar-refractivity contribution in [1.82, 2.24) is 9.55 Å². The van der Waals surface area contributed by atoms with Crippen molar-refractivity contribution in [2.75, 3.05) is 0 Å². The van der Waals surface area contributed by atoms with E-state index >= 15 is 0 Å². The lowest BCUT2D eigenvalue weighted by atomic mass is 10.1. The monoisotopic (exact) mass is 292 g/mol. The number of para-hydroxylation sites is 1. The van der Waals surface area contributed by atoms with Gasteiger partial charge in [0.15, 0.2) is 0 Å². The zero-order valence-corrected chi connectivity index (χ0v) is 13.3. The highest BCUT2D eigenvalue weighted by molar-refractivity contribution is 5.86. The predicted molar refractivity (Wildman–Crippen MR) is 93.9 cm³/mol. The molecule has 0 amide bonds. The summed E-state index contributed by atoms with van der Waals surface area (Å²) in [4.78, 5) is 4.28. The molecule has 0 radical (unpaired) electrons. The average Bonchev–Trinajstić information content (AvgIpc) is 2.94. The topological polar surface area (TPSA) is 17.8 Å². The zero-order valence-electron chi connectivity index (χ0n) is 13.3. The minimum atomic E-state index is 1.08. The maximum absolute atomic E-state index is 4.28. The van der Waals surface area contributed by atoms with E-state index in [0.717, 1.165) is 6.54 Å². The fraction of sp³-hybridized carbons (Fsp3) is 0.350. The maximum Gasteiger partial charge on any atom is 0.0506 e. The Morgan fingerprint density at radius 2 is 1.82 bits per heavy atom. The van der Waals surface area contributed by atoms with E-state index in [2.05, 4.69) is 52.9 Å². The second-order valence-electron chi connectivity index (χ2n) is 5.90. The van der Waals surface area contributed by atoms with Crippen LogP contribution in [0.15, 0.2) is 54.9 Å². The average molecular weight is 292 g/mol. The van der Waals surface area contributed by atoms with E-state index in [4.69, 9.17) is 0 Å². The molecule has 2 aromatic heterocycles. The first-order valence-electron chi connectivity index (χ1n) is 8.39. The molecule has 0 fully saturated rings. The van der Waals surface area contributed by atoms with Crippen LogP contribution < -0.4 is 0 Å². The van der Waals surface area contributed by atoms with E-state index < -0.39 is 0 Å². The van der Waals surface area contributed by atoms with Gasteiger partial charge in [-0.25, -0.2) is 0 Å². The summed E-state index contributed by atoms with van der Waals surface area (Å²) in [5.41, 5.74) is 3.81. The molecule has 2 heteroatoms. The van der Waals surface area contributed by atoms with Crippen LogP contribution in [0.1, 0.15) is 39.0 Å². The first-order valence-corrected chi connectivity index (χ1v) is 8.39. The van der Waals surface area contributed by atoms with Gasteiger partial charge in [0.1, 0.15) is 0 Å². The second-order valence-corrected chi connectivity index (χ2v) is 5.90. The number of nitrogens with zero attached hydrogens (tertiary/aromatic N) is 2. The van der Waals surface area contributed by atoms with Crippen molar-refractivity contribution in [3.63, 3.8) is 0 Å². The predicted octanol–water partition coefficient (Wildman–Crippen LogP) is 5.67. The smallest absolute Gasteiger partial charge is 0.0506 e. The molecule has 22 heavy (non-hydrogen) atoms. The van der Waals surface area contributed by atoms with Gasteiger partial charge in [-0.3, -0.25) is 4.98 Å². The summed E-state index contributed by atoms with van der Waals surface area (Å²) in [6, 6.07) is 15.1. The normalized spacial score (nSPS) is 11.1. The standard InChI is InChI=1S/C20H24N2/c1-2-3-4-5-8-14-22-19-12-7-6-10-17(19)15-20(22)18-11-9-13-21-16-18/h6-7,9-13,15-16H,2-5,8,14H2,1H3. The molecular weight excluding hydrogens is 268 g/mol. The van der Waals surface area contributed by atoms with Gasteiger partial charge in [0.2, 0.25) is 0 Å². The number of pyridine rings is 1.